The molecule has 3 aliphatic rings. The Kier molecular flexibility index (Phi) is 5.42. The monoisotopic (exact) mass is 330 g/mol. The van der Waals surface area contributed by atoms with E-state index in [1.54, 1.807) is 4.90 Å². The van der Waals surface area contributed by atoms with E-state index in [-0.39, 0.29) is 29.6 Å². The summed E-state index contributed by atoms with van der Waals surface area (Å²) in [5, 5.41) is 2.32. The summed E-state index contributed by atoms with van der Waals surface area (Å²) in [4.78, 5) is 37.4. The Labute approximate surface area is 143 Å². The first-order valence-electron chi connectivity index (χ1n) is 8.70. The van der Waals surface area contributed by atoms with Gasteiger partial charge >= 0.3 is 0 Å². The third-order valence-corrected chi connectivity index (χ3v) is 4.82. The molecule has 1 aliphatic carbocycles. The molecule has 1 saturated heterocycles. The maximum Gasteiger partial charge on any atom is 0.255 e. The van der Waals surface area contributed by atoms with E-state index in [2.05, 4.69) is 31.3 Å². The SMILES string of the molecule is CC.CCC1(C)C=CC2=C(C=C1)C(=O)N(C1CCC(=O)NC1=O)C2. The van der Waals surface area contributed by atoms with Crippen LogP contribution in [-0.4, -0.2) is 35.2 Å². The van der Waals surface area contributed by atoms with Crippen LogP contribution in [0.25, 0.3) is 0 Å². The highest BCUT2D eigenvalue weighted by Gasteiger charge is 2.39. The summed E-state index contributed by atoms with van der Waals surface area (Å²) < 4.78 is 0. The second kappa shape index (κ2) is 7.16. The average molecular weight is 330 g/mol. The zero-order valence-corrected chi connectivity index (χ0v) is 14.9. The molecule has 2 aliphatic heterocycles. The predicted octanol–water partition coefficient (Wildman–Crippen LogP) is 2.50. The van der Waals surface area contributed by atoms with Gasteiger partial charge in [-0.25, -0.2) is 0 Å². The van der Waals surface area contributed by atoms with E-state index in [4.69, 9.17) is 0 Å². The molecule has 0 spiro atoms. The minimum Gasteiger partial charge on any atom is -0.322 e. The van der Waals surface area contributed by atoms with E-state index < -0.39 is 6.04 Å². The Morgan fingerprint density at radius 1 is 1.21 bits per heavy atom. The van der Waals surface area contributed by atoms with Crippen molar-refractivity contribution in [3.05, 3.63) is 35.5 Å². The van der Waals surface area contributed by atoms with Crippen molar-refractivity contribution in [3.63, 3.8) is 0 Å². The molecule has 1 N–H and O–H groups in total. The fourth-order valence-electron chi connectivity index (χ4n) is 3.04. The summed E-state index contributed by atoms with van der Waals surface area (Å²) in [6.45, 7) is 8.67. The van der Waals surface area contributed by atoms with Gasteiger partial charge in [0.1, 0.15) is 6.04 Å². The summed E-state index contributed by atoms with van der Waals surface area (Å²) in [6, 6.07) is -0.545. The lowest BCUT2D eigenvalue weighted by atomic mass is 9.87. The van der Waals surface area contributed by atoms with Gasteiger partial charge in [-0.05, 0) is 18.4 Å². The quantitative estimate of drug-likeness (QED) is 0.791. The molecular formula is C19H26N2O3. The molecule has 1 fully saturated rings. The van der Waals surface area contributed by atoms with E-state index in [9.17, 15) is 14.4 Å². The molecule has 2 atom stereocenters. The van der Waals surface area contributed by atoms with E-state index in [0.29, 0.717) is 18.5 Å². The molecule has 0 saturated carbocycles. The Morgan fingerprint density at radius 2 is 1.88 bits per heavy atom. The van der Waals surface area contributed by atoms with Crippen LogP contribution in [0.2, 0.25) is 0 Å². The van der Waals surface area contributed by atoms with Crippen molar-refractivity contribution in [3.8, 4) is 0 Å². The lowest BCUT2D eigenvalue weighted by Crippen LogP contribution is -2.53. The molecule has 3 amide bonds. The van der Waals surface area contributed by atoms with Crippen LogP contribution in [-0.2, 0) is 14.4 Å². The molecule has 0 aromatic rings. The van der Waals surface area contributed by atoms with Gasteiger partial charge in [-0.2, -0.15) is 0 Å². The zero-order chi connectivity index (χ0) is 17.9. The Balaban J connectivity index is 0.00000100. The second-order valence-corrected chi connectivity index (χ2v) is 6.36. The molecule has 0 bridgehead atoms. The van der Waals surface area contributed by atoms with Crippen molar-refractivity contribution in [1.29, 1.82) is 0 Å². The van der Waals surface area contributed by atoms with Gasteiger partial charge in [-0.3, -0.25) is 19.7 Å². The van der Waals surface area contributed by atoms with Crippen molar-refractivity contribution in [2.45, 2.75) is 53.0 Å². The van der Waals surface area contributed by atoms with Crippen LogP contribution in [0.5, 0.6) is 0 Å². The normalized spacial score (nSPS) is 29.1. The van der Waals surface area contributed by atoms with Crippen LogP contribution in [0, 0.1) is 5.41 Å². The number of imide groups is 1. The number of hydrogen-bond acceptors (Lipinski definition) is 3. The van der Waals surface area contributed by atoms with Gasteiger partial charge in [0.05, 0.1) is 0 Å². The summed E-state index contributed by atoms with van der Waals surface area (Å²) in [6.07, 6.45) is 9.70. The van der Waals surface area contributed by atoms with Gasteiger partial charge in [0.25, 0.3) is 5.91 Å². The van der Waals surface area contributed by atoms with Crippen LogP contribution < -0.4 is 5.32 Å². The van der Waals surface area contributed by atoms with Gasteiger partial charge in [0.15, 0.2) is 0 Å². The minimum atomic E-state index is -0.545. The number of allylic oxidation sites excluding steroid dienone is 2. The molecule has 130 valence electrons. The van der Waals surface area contributed by atoms with E-state index >= 15 is 0 Å². The molecule has 24 heavy (non-hydrogen) atoms. The van der Waals surface area contributed by atoms with Gasteiger partial charge in [-0.15, -0.1) is 0 Å². The van der Waals surface area contributed by atoms with Crippen LogP contribution in [0.15, 0.2) is 35.5 Å². The lowest BCUT2D eigenvalue weighted by Gasteiger charge is -2.30. The highest BCUT2D eigenvalue weighted by Crippen LogP contribution is 2.33. The Hall–Kier alpha value is -2.17. The van der Waals surface area contributed by atoms with Crippen LogP contribution >= 0.6 is 0 Å². The third-order valence-electron chi connectivity index (χ3n) is 4.82. The number of carbonyl (C=O) groups is 3. The number of rotatable bonds is 2. The van der Waals surface area contributed by atoms with Crippen molar-refractivity contribution in [2.75, 3.05) is 6.54 Å². The first-order valence-corrected chi connectivity index (χ1v) is 8.70. The average Bonchev–Trinajstić information content (AvgIpc) is 2.78. The molecule has 5 heteroatoms. The molecule has 3 rings (SSSR count). The largest absolute Gasteiger partial charge is 0.322 e. The van der Waals surface area contributed by atoms with Crippen molar-refractivity contribution in [2.24, 2.45) is 5.41 Å². The number of nitrogens with zero attached hydrogens (tertiary/aromatic N) is 1. The maximum atomic E-state index is 12.6. The van der Waals surface area contributed by atoms with Gasteiger partial charge in [-0.1, -0.05) is 52.0 Å². The summed E-state index contributed by atoms with van der Waals surface area (Å²) in [5.74, 6) is -0.750. The smallest absolute Gasteiger partial charge is 0.255 e. The standard InChI is InChI=1S/C17H20N2O3.C2H6/c1-3-17(2)8-6-11-10-19(16(22)12(11)7-9-17)13-4-5-14(20)18-15(13)21;1-2/h6-9,13H,3-5,10H2,1-2H3,(H,18,20,21);1-2H3. The van der Waals surface area contributed by atoms with E-state index in [0.717, 1.165) is 12.0 Å². The first-order chi connectivity index (χ1) is 11.4. The van der Waals surface area contributed by atoms with Crippen LogP contribution in [0.3, 0.4) is 0 Å². The first kappa shape index (κ1) is 18.2. The Bertz CT molecular complexity index is 645. The summed E-state index contributed by atoms with van der Waals surface area (Å²) >= 11 is 0. The fraction of sp³-hybridized carbons (Fsp3) is 0.526. The zero-order valence-electron chi connectivity index (χ0n) is 14.9. The molecule has 5 nitrogen and oxygen atoms in total. The molecule has 0 aromatic carbocycles. The van der Waals surface area contributed by atoms with Crippen molar-refractivity contribution in [1.82, 2.24) is 10.2 Å². The minimum absolute atomic E-state index is 0.0376. The highest BCUT2D eigenvalue weighted by atomic mass is 16.2. The van der Waals surface area contributed by atoms with Crippen molar-refractivity contribution < 1.29 is 14.4 Å². The molecule has 2 heterocycles. The maximum absolute atomic E-state index is 12.6. The van der Waals surface area contributed by atoms with Gasteiger partial charge in [0.2, 0.25) is 11.8 Å². The number of amides is 3. The Morgan fingerprint density at radius 3 is 2.50 bits per heavy atom. The van der Waals surface area contributed by atoms with Crippen molar-refractivity contribution >= 4 is 17.7 Å². The number of carbonyl (C=O) groups excluding carboxylic acids is 3. The summed E-state index contributed by atoms with van der Waals surface area (Å²) in [7, 11) is 0. The summed E-state index contributed by atoms with van der Waals surface area (Å²) in [5.41, 5.74) is 1.57. The highest BCUT2D eigenvalue weighted by molar-refractivity contribution is 6.06. The number of hydrogen-bond donors (Lipinski definition) is 1. The number of piperidine rings is 1. The molecule has 0 aromatic heterocycles. The lowest BCUT2D eigenvalue weighted by molar-refractivity contribution is -0.142. The number of nitrogens with one attached hydrogen (secondary N) is 1. The molecule has 2 unspecified atom stereocenters. The van der Waals surface area contributed by atoms with Crippen LogP contribution in [0.4, 0.5) is 0 Å². The molecular weight excluding hydrogens is 304 g/mol. The van der Waals surface area contributed by atoms with Gasteiger partial charge < -0.3 is 4.90 Å². The van der Waals surface area contributed by atoms with E-state index in [1.165, 1.54) is 0 Å². The van der Waals surface area contributed by atoms with Gasteiger partial charge in [0, 0.05) is 24.0 Å². The molecule has 0 radical (unpaired) electrons. The third kappa shape index (κ3) is 3.35. The van der Waals surface area contributed by atoms with E-state index in [1.807, 2.05) is 26.0 Å². The second-order valence-electron chi connectivity index (χ2n) is 6.36. The topological polar surface area (TPSA) is 66.5 Å². The van der Waals surface area contributed by atoms with Crippen LogP contribution in [0.1, 0.15) is 47.0 Å². The predicted molar refractivity (Wildman–Crippen MR) is 92.9 cm³/mol. The fourth-order valence-corrected chi connectivity index (χ4v) is 3.04.